The molecule has 0 aliphatic heterocycles. The minimum absolute atomic E-state index is 0.217. The van der Waals surface area contributed by atoms with Gasteiger partial charge >= 0.3 is 0 Å². The number of amides is 3. The lowest BCUT2D eigenvalue weighted by molar-refractivity contribution is -0.135. The maximum atomic E-state index is 13.3. The molecule has 0 fully saturated rings. The average molecular weight is 557 g/mol. The van der Waals surface area contributed by atoms with E-state index in [1.54, 1.807) is 6.07 Å². The fraction of sp³-hybridized carbons (Fsp3) is 0.483. The van der Waals surface area contributed by atoms with Crippen molar-refractivity contribution in [2.45, 2.75) is 51.7 Å². The van der Waals surface area contributed by atoms with Crippen molar-refractivity contribution in [3.8, 4) is 11.5 Å². The molecule has 0 heterocycles. The summed E-state index contributed by atoms with van der Waals surface area (Å²) in [4.78, 5) is 40.3. The number of nitrogens with zero attached hydrogens (tertiary/aromatic N) is 1. The van der Waals surface area contributed by atoms with Crippen molar-refractivity contribution in [3.63, 3.8) is 0 Å². The summed E-state index contributed by atoms with van der Waals surface area (Å²) in [6, 6.07) is 13.2. The molecule has 0 spiro atoms. The summed E-state index contributed by atoms with van der Waals surface area (Å²) in [5.41, 5.74) is 19.1. The van der Waals surface area contributed by atoms with Crippen LogP contribution in [0.4, 0.5) is 0 Å². The van der Waals surface area contributed by atoms with Crippen LogP contribution in [0, 0.1) is 0 Å². The van der Waals surface area contributed by atoms with Crippen LogP contribution in [-0.4, -0.2) is 74.1 Å². The largest absolute Gasteiger partial charge is 0.490 e. The molecule has 2 aromatic rings. The second-order valence-electron chi connectivity index (χ2n) is 9.22. The predicted molar refractivity (Wildman–Crippen MR) is 155 cm³/mol. The highest BCUT2D eigenvalue weighted by molar-refractivity contribution is 5.92. The molecule has 0 aliphatic rings. The van der Waals surface area contributed by atoms with Crippen molar-refractivity contribution in [2.24, 2.45) is 17.2 Å². The van der Waals surface area contributed by atoms with Crippen molar-refractivity contribution in [3.05, 3.63) is 59.7 Å². The Morgan fingerprint density at radius 3 is 2.15 bits per heavy atom. The van der Waals surface area contributed by atoms with E-state index in [1.165, 1.54) is 4.90 Å². The minimum Gasteiger partial charge on any atom is -0.490 e. The van der Waals surface area contributed by atoms with E-state index in [9.17, 15) is 14.4 Å². The standard InChI is InChI=1S/C29H44N6O5/c1-3-39-25-13-11-22(18-26(25)40-4-2)20-33-29(38)24(12-10-21-8-6-5-7-9-21)34-28(37)23(32)19-27(36)35(16-14-30)17-15-31/h5-9,11,13,18,23-24H,3-4,10,12,14-17,19-20,30-32H2,1-2H3,(H,33,38)(H,34,37). The molecule has 11 nitrogen and oxygen atoms in total. The third kappa shape index (κ3) is 10.8. The Morgan fingerprint density at radius 1 is 0.875 bits per heavy atom. The van der Waals surface area contributed by atoms with Crippen molar-refractivity contribution in [2.75, 3.05) is 39.4 Å². The van der Waals surface area contributed by atoms with Crippen LogP contribution in [0.2, 0.25) is 0 Å². The first-order valence-electron chi connectivity index (χ1n) is 13.8. The number of aryl methyl sites for hydroxylation is 1. The minimum atomic E-state index is -1.13. The molecule has 2 aromatic carbocycles. The summed E-state index contributed by atoms with van der Waals surface area (Å²) in [5, 5.41) is 5.65. The van der Waals surface area contributed by atoms with Crippen LogP contribution in [0.3, 0.4) is 0 Å². The average Bonchev–Trinajstić information content (AvgIpc) is 2.95. The first kappa shape index (κ1) is 32.5. The Balaban J connectivity index is 2.09. The van der Waals surface area contributed by atoms with Crippen molar-refractivity contribution in [1.29, 1.82) is 0 Å². The fourth-order valence-corrected chi connectivity index (χ4v) is 4.10. The number of ether oxygens (including phenoxy) is 2. The van der Waals surface area contributed by atoms with Gasteiger partial charge in [0.2, 0.25) is 17.7 Å². The first-order chi connectivity index (χ1) is 19.3. The fourth-order valence-electron chi connectivity index (χ4n) is 4.10. The summed E-state index contributed by atoms with van der Waals surface area (Å²) in [6.07, 6.45) is 0.694. The van der Waals surface area contributed by atoms with E-state index in [0.717, 1.165) is 11.1 Å². The van der Waals surface area contributed by atoms with Crippen LogP contribution in [0.25, 0.3) is 0 Å². The zero-order valence-corrected chi connectivity index (χ0v) is 23.6. The van der Waals surface area contributed by atoms with Gasteiger partial charge < -0.3 is 42.2 Å². The molecule has 220 valence electrons. The highest BCUT2D eigenvalue weighted by Gasteiger charge is 2.26. The van der Waals surface area contributed by atoms with Gasteiger partial charge in [0.05, 0.1) is 25.7 Å². The normalized spacial score (nSPS) is 12.2. The van der Waals surface area contributed by atoms with Crippen molar-refractivity contribution < 1.29 is 23.9 Å². The Kier molecular flexibility index (Phi) is 14.5. The molecule has 0 bridgehead atoms. The van der Waals surface area contributed by atoms with Crippen LogP contribution in [0.5, 0.6) is 11.5 Å². The van der Waals surface area contributed by atoms with Gasteiger partial charge in [-0.05, 0) is 49.9 Å². The van der Waals surface area contributed by atoms with E-state index in [2.05, 4.69) is 10.6 Å². The second kappa shape index (κ2) is 17.8. The third-order valence-corrected chi connectivity index (χ3v) is 6.15. The number of nitrogens with two attached hydrogens (primary N) is 3. The summed E-state index contributed by atoms with van der Waals surface area (Å²) in [5.74, 6) is -0.0277. The monoisotopic (exact) mass is 556 g/mol. The lowest BCUT2D eigenvalue weighted by Gasteiger charge is -2.24. The van der Waals surface area contributed by atoms with Gasteiger partial charge in [-0.3, -0.25) is 14.4 Å². The van der Waals surface area contributed by atoms with Crippen LogP contribution in [0.15, 0.2) is 48.5 Å². The molecule has 0 saturated heterocycles. The summed E-state index contributed by atoms with van der Waals surface area (Å²) in [7, 11) is 0. The molecule has 0 aromatic heterocycles. The number of hydrogen-bond acceptors (Lipinski definition) is 8. The summed E-state index contributed by atoms with van der Waals surface area (Å²) in [6.45, 7) is 6.17. The smallest absolute Gasteiger partial charge is 0.242 e. The molecule has 0 aliphatic carbocycles. The van der Waals surface area contributed by atoms with Gasteiger partial charge in [0.15, 0.2) is 11.5 Å². The quantitative estimate of drug-likeness (QED) is 0.178. The molecule has 0 saturated carbocycles. The SMILES string of the molecule is CCOc1ccc(CNC(=O)C(CCc2ccccc2)NC(=O)C(N)CC(=O)N(CCN)CCN)cc1OCC. The Labute approximate surface area is 236 Å². The maximum Gasteiger partial charge on any atom is 0.242 e. The van der Waals surface area contributed by atoms with E-state index in [0.29, 0.717) is 50.6 Å². The van der Waals surface area contributed by atoms with Gasteiger partial charge in [-0.2, -0.15) is 0 Å². The molecule has 0 radical (unpaired) electrons. The van der Waals surface area contributed by atoms with Crippen molar-refractivity contribution >= 4 is 17.7 Å². The maximum absolute atomic E-state index is 13.3. The molecule has 3 amide bonds. The summed E-state index contributed by atoms with van der Waals surface area (Å²) < 4.78 is 11.3. The van der Waals surface area contributed by atoms with Crippen LogP contribution < -0.4 is 37.3 Å². The highest BCUT2D eigenvalue weighted by atomic mass is 16.5. The topological polar surface area (TPSA) is 175 Å². The van der Waals surface area contributed by atoms with Crippen LogP contribution in [0.1, 0.15) is 37.8 Å². The Hall–Kier alpha value is -3.67. The molecule has 2 rings (SSSR count). The molecular weight excluding hydrogens is 512 g/mol. The van der Waals surface area contributed by atoms with Gasteiger partial charge in [-0.15, -0.1) is 0 Å². The van der Waals surface area contributed by atoms with Crippen molar-refractivity contribution in [1.82, 2.24) is 15.5 Å². The Morgan fingerprint density at radius 2 is 1.52 bits per heavy atom. The van der Waals surface area contributed by atoms with Gasteiger partial charge in [0, 0.05) is 32.7 Å². The number of carbonyl (C=O) groups excluding carboxylic acids is 3. The molecule has 2 unspecified atom stereocenters. The van der Waals surface area contributed by atoms with E-state index in [1.807, 2.05) is 56.3 Å². The van der Waals surface area contributed by atoms with Gasteiger partial charge in [0.1, 0.15) is 6.04 Å². The summed E-state index contributed by atoms with van der Waals surface area (Å²) >= 11 is 0. The number of benzene rings is 2. The van der Waals surface area contributed by atoms with E-state index < -0.39 is 18.0 Å². The molecule has 8 N–H and O–H groups in total. The first-order valence-corrected chi connectivity index (χ1v) is 13.8. The molecular formula is C29H44N6O5. The predicted octanol–water partition coefficient (Wildman–Crippen LogP) is 0.681. The number of hydrogen-bond donors (Lipinski definition) is 5. The Bertz CT molecular complexity index is 1060. The molecule has 40 heavy (non-hydrogen) atoms. The second-order valence-corrected chi connectivity index (χ2v) is 9.22. The molecule has 11 heteroatoms. The van der Waals surface area contributed by atoms with E-state index >= 15 is 0 Å². The van der Waals surface area contributed by atoms with E-state index in [-0.39, 0.29) is 37.9 Å². The van der Waals surface area contributed by atoms with Gasteiger partial charge in [0.25, 0.3) is 0 Å². The lowest BCUT2D eigenvalue weighted by atomic mass is 10.0. The number of carbonyl (C=O) groups is 3. The highest BCUT2D eigenvalue weighted by Crippen LogP contribution is 2.28. The molecule has 2 atom stereocenters. The van der Waals surface area contributed by atoms with Crippen LogP contribution in [-0.2, 0) is 27.3 Å². The third-order valence-electron chi connectivity index (χ3n) is 6.15. The number of rotatable bonds is 18. The van der Waals surface area contributed by atoms with Crippen LogP contribution >= 0.6 is 0 Å². The lowest BCUT2D eigenvalue weighted by Crippen LogP contribution is -2.53. The zero-order valence-electron chi connectivity index (χ0n) is 23.6. The number of nitrogens with one attached hydrogen (secondary N) is 2. The van der Waals surface area contributed by atoms with E-state index in [4.69, 9.17) is 26.7 Å². The zero-order chi connectivity index (χ0) is 29.3. The van der Waals surface area contributed by atoms with Gasteiger partial charge in [-0.25, -0.2) is 0 Å². The van der Waals surface area contributed by atoms with Gasteiger partial charge in [-0.1, -0.05) is 36.4 Å².